The van der Waals surface area contributed by atoms with Gasteiger partial charge in [0, 0.05) is 12.6 Å². The molecule has 1 spiro atoms. The van der Waals surface area contributed by atoms with E-state index >= 15 is 0 Å². The van der Waals surface area contributed by atoms with Crippen molar-refractivity contribution in [3.8, 4) is 0 Å². The van der Waals surface area contributed by atoms with E-state index in [4.69, 9.17) is 10.8 Å². The SMILES string of the molecule is CC(C(N)C(=O)O)N1CCC2(CCC2)C1. The van der Waals surface area contributed by atoms with Crippen LogP contribution >= 0.6 is 0 Å². The summed E-state index contributed by atoms with van der Waals surface area (Å²) < 4.78 is 0. The quantitative estimate of drug-likeness (QED) is 0.721. The predicted molar refractivity (Wildman–Crippen MR) is 57.5 cm³/mol. The summed E-state index contributed by atoms with van der Waals surface area (Å²) in [5, 5.41) is 8.86. The maximum atomic E-state index is 10.8. The third kappa shape index (κ3) is 1.88. The third-order valence-electron chi connectivity index (χ3n) is 4.26. The molecule has 0 radical (unpaired) electrons. The average molecular weight is 212 g/mol. The molecule has 2 rings (SSSR count). The van der Waals surface area contributed by atoms with Crippen molar-refractivity contribution in [2.24, 2.45) is 11.1 Å². The number of likely N-dealkylation sites (tertiary alicyclic amines) is 1. The van der Waals surface area contributed by atoms with Crippen molar-refractivity contribution in [1.29, 1.82) is 0 Å². The number of hydrogen-bond donors (Lipinski definition) is 2. The number of rotatable bonds is 3. The van der Waals surface area contributed by atoms with Gasteiger partial charge in [-0.2, -0.15) is 0 Å². The van der Waals surface area contributed by atoms with Crippen LogP contribution in [0.2, 0.25) is 0 Å². The molecule has 2 fully saturated rings. The predicted octanol–water partition coefficient (Wildman–Crippen LogP) is 0.663. The lowest BCUT2D eigenvalue weighted by Gasteiger charge is -2.39. The lowest BCUT2D eigenvalue weighted by molar-refractivity contribution is -0.140. The van der Waals surface area contributed by atoms with Gasteiger partial charge in [-0.25, -0.2) is 0 Å². The molecule has 0 aromatic heterocycles. The van der Waals surface area contributed by atoms with E-state index in [1.807, 2.05) is 6.92 Å². The zero-order valence-corrected chi connectivity index (χ0v) is 9.28. The molecule has 1 aliphatic carbocycles. The van der Waals surface area contributed by atoms with Gasteiger partial charge in [0.05, 0.1) is 0 Å². The molecule has 1 saturated carbocycles. The second kappa shape index (κ2) is 3.76. The van der Waals surface area contributed by atoms with Crippen LogP contribution in [0.4, 0.5) is 0 Å². The fourth-order valence-corrected chi connectivity index (χ4v) is 2.84. The largest absolute Gasteiger partial charge is 0.480 e. The molecule has 2 atom stereocenters. The summed E-state index contributed by atoms with van der Waals surface area (Å²) in [5.41, 5.74) is 6.17. The fraction of sp³-hybridized carbons (Fsp3) is 0.909. The number of aliphatic carboxylic acids is 1. The summed E-state index contributed by atoms with van der Waals surface area (Å²) in [6.07, 6.45) is 5.20. The van der Waals surface area contributed by atoms with Crippen molar-refractivity contribution in [3.63, 3.8) is 0 Å². The van der Waals surface area contributed by atoms with Gasteiger partial charge in [-0.05, 0) is 38.1 Å². The Morgan fingerprint density at radius 2 is 2.13 bits per heavy atom. The molecule has 0 aromatic carbocycles. The molecule has 4 heteroatoms. The summed E-state index contributed by atoms with van der Waals surface area (Å²) >= 11 is 0. The van der Waals surface area contributed by atoms with Crippen LogP contribution in [0.25, 0.3) is 0 Å². The number of nitrogens with two attached hydrogens (primary N) is 1. The molecule has 1 aliphatic heterocycles. The summed E-state index contributed by atoms with van der Waals surface area (Å²) in [6.45, 7) is 3.99. The minimum absolute atomic E-state index is 0.0394. The molecular weight excluding hydrogens is 192 g/mol. The Hall–Kier alpha value is -0.610. The summed E-state index contributed by atoms with van der Waals surface area (Å²) in [6, 6.07) is -0.789. The van der Waals surface area contributed by atoms with Gasteiger partial charge in [0.15, 0.2) is 0 Å². The van der Waals surface area contributed by atoms with Crippen molar-refractivity contribution >= 4 is 5.97 Å². The van der Waals surface area contributed by atoms with Gasteiger partial charge in [0.2, 0.25) is 0 Å². The highest BCUT2D eigenvalue weighted by Gasteiger charge is 2.44. The zero-order chi connectivity index (χ0) is 11.1. The molecule has 0 amide bonds. The Kier molecular flexibility index (Phi) is 2.73. The Labute approximate surface area is 90.4 Å². The lowest BCUT2D eigenvalue weighted by Crippen LogP contribution is -2.50. The molecule has 3 N–H and O–H groups in total. The van der Waals surface area contributed by atoms with Crippen molar-refractivity contribution in [2.75, 3.05) is 13.1 Å². The van der Waals surface area contributed by atoms with Crippen molar-refractivity contribution in [2.45, 2.75) is 44.7 Å². The zero-order valence-electron chi connectivity index (χ0n) is 9.28. The molecule has 0 aromatic rings. The fourth-order valence-electron chi connectivity index (χ4n) is 2.84. The number of hydrogen-bond acceptors (Lipinski definition) is 3. The minimum atomic E-state index is -0.892. The van der Waals surface area contributed by atoms with Crippen LogP contribution in [0.1, 0.15) is 32.6 Å². The topological polar surface area (TPSA) is 66.6 Å². The van der Waals surface area contributed by atoms with Crippen LogP contribution < -0.4 is 5.73 Å². The molecule has 1 heterocycles. The van der Waals surface area contributed by atoms with E-state index in [0.29, 0.717) is 5.41 Å². The molecule has 86 valence electrons. The Morgan fingerprint density at radius 3 is 2.53 bits per heavy atom. The number of carbonyl (C=O) groups is 1. The van der Waals surface area contributed by atoms with Crippen LogP contribution in [0.3, 0.4) is 0 Å². The smallest absolute Gasteiger partial charge is 0.322 e. The molecule has 2 unspecified atom stereocenters. The van der Waals surface area contributed by atoms with E-state index in [1.165, 1.54) is 25.7 Å². The standard InChI is InChI=1S/C11H20N2O2/c1-8(9(12)10(14)15)13-6-5-11(7-13)3-2-4-11/h8-9H,2-7,12H2,1H3,(H,14,15). The lowest BCUT2D eigenvalue weighted by atomic mass is 9.68. The average Bonchev–Trinajstić information content (AvgIpc) is 2.59. The van der Waals surface area contributed by atoms with Crippen molar-refractivity contribution in [1.82, 2.24) is 4.90 Å². The van der Waals surface area contributed by atoms with Gasteiger partial charge < -0.3 is 10.8 Å². The second-order valence-corrected chi connectivity index (χ2v) is 5.18. The van der Waals surface area contributed by atoms with E-state index in [2.05, 4.69) is 4.90 Å². The Bertz CT molecular complexity index is 263. The highest BCUT2D eigenvalue weighted by atomic mass is 16.4. The highest BCUT2D eigenvalue weighted by Crippen LogP contribution is 2.48. The maximum absolute atomic E-state index is 10.8. The number of carboxylic acid groups (broad SMARTS) is 1. The monoisotopic (exact) mass is 212 g/mol. The van der Waals surface area contributed by atoms with Gasteiger partial charge in [-0.3, -0.25) is 9.69 Å². The molecule has 15 heavy (non-hydrogen) atoms. The normalized spacial score (nSPS) is 28.7. The van der Waals surface area contributed by atoms with Crippen molar-refractivity contribution in [3.05, 3.63) is 0 Å². The number of nitrogens with zero attached hydrogens (tertiary/aromatic N) is 1. The van der Waals surface area contributed by atoms with Crippen molar-refractivity contribution < 1.29 is 9.90 Å². The van der Waals surface area contributed by atoms with E-state index < -0.39 is 12.0 Å². The second-order valence-electron chi connectivity index (χ2n) is 5.18. The van der Waals surface area contributed by atoms with Gasteiger partial charge in [-0.15, -0.1) is 0 Å². The third-order valence-corrected chi connectivity index (χ3v) is 4.26. The Balaban J connectivity index is 1.92. The number of carboxylic acids is 1. The van der Waals surface area contributed by atoms with Gasteiger partial charge in [0.25, 0.3) is 0 Å². The van der Waals surface area contributed by atoms with Gasteiger partial charge >= 0.3 is 5.97 Å². The van der Waals surface area contributed by atoms with Gasteiger partial charge in [-0.1, -0.05) is 6.42 Å². The molecule has 1 saturated heterocycles. The molecule has 4 nitrogen and oxygen atoms in total. The maximum Gasteiger partial charge on any atom is 0.322 e. The first-order valence-electron chi connectivity index (χ1n) is 5.77. The first kappa shape index (κ1) is 10.9. The van der Waals surface area contributed by atoms with Crippen LogP contribution in [-0.4, -0.2) is 41.1 Å². The molecular formula is C11H20N2O2. The molecule has 2 aliphatic rings. The summed E-state index contributed by atoms with van der Waals surface area (Å²) in [4.78, 5) is 13.0. The van der Waals surface area contributed by atoms with Crippen LogP contribution in [0, 0.1) is 5.41 Å². The van der Waals surface area contributed by atoms with Crippen LogP contribution in [-0.2, 0) is 4.79 Å². The first-order valence-corrected chi connectivity index (χ1v) is 5.77. The van der Waals surface area contributed by atoms with E-state index in [0.717, 1.165) is 13.1 Å². The van der Waals surface area contributed by atoms with Gasteiger partial charge in [0.1, 0.15) is 6.04 Å². The highest BCUT2D eigenvalue weighted by molar-refractivity contribution is 5.74. The molecule has 0 bridgehead atoms. The Morgan fingerprint density at radius 1 is 1.47 bits per heavy atom. The summed E-state index contributed by atoms with van der Waals surface area (Å²) in [5.74, 6) is -0.892. The first-order chi connectivity index (χ1) is 7.04. The minimum Gasteiger partial charge on any atom is -0.480 e. The van der Waals surface area contributed by atoms with Crippen LogP contribution in [0.5, 0.6) is 0 Å². The van der Waals surface area contributed by atoms with E-state index in [-0.39, 0.29) is 6.04 Å². The van der Waals surface area contributed by atoms with E-state index in [9.17, 15) is 4.79 Å². The summed E-state index contributed by atoms with van der Waals surface area (Å²) in [7, 11) is 0. The van der Waals surface area contributed by atoms with Crippen LogP contribution in [0.15, 0.2) is 0 Å². The van der Waals surface area contributed by atoms with E-state index in [1.54, 1.807) is 0 Å².